The first kappa shape index (κ1) is 21.6. The fourth-order valence-electron chi connectivity index (χ4n) is 3.15. The Morgan fingerprint density at radius 3 is 2.63 bits per heavy atom. The number of sulfonamides is 1. The molecule has 9 heteroatoms. The predicted octanol–water partition coefficient (Wildman–Crippen LogP) is 1.27. The van der Waals surface area contributed by atoms with Crippen LogP contribution in [0.4, 0.5) is 4.39 Å². The molecular formula is C18H29FN4O3S. The SMILES string of the molecule is CN=C(NCCS(=O)(=O)N1CC(C)OC(C)C1)N(C)Cc1cccc(F)c1. The molecule has 27 heavy (non-hydrogen) atoms. The van der Waals surface area contributed by atoms with Crippen LogP contribution in [-0.4, -0.2) is 75.3 Å². The molecule has 1 aliphatic heterocycles. The van der Waals surface area contributed by atoms with Gasteiger partial charge in [0.2, 0.25) is 10.0 Å². The summed E-state index contributed by atoms with van der Waals surface area (Å²) in [4.78, 5) is 5.99. The highest BCUT2D eigenvalue weighted by Gasteiger charge is 2.30. The molecule has 0 radical (unpaired) electrons. The van der Waals surface area contributed by atoms with Crippen LogP contribution in [0.15, 0.2) is 29.3 Å². The van der Waals surface area contributed by atoms with Gasteiger partial charge in [0.25, 0.3) is 0 Å². The lowest BCUT2D eigenvalue weighted by Crippen LogP contribution is -2.50. The summed E-state index contributed by atoms with van der Waals surface area (Å²) >= 11 is 0. The minimum Gasteiger partial charge on any atom is -0.373 e. The van der Waals surface area contributed by atoms with Crippen LogP contribution >= 0.6 is 0 Å². The standard InChI is InChI=1S/C18H29FN4O3S/c1-14-11-23(12-15(2)26-14)27(24,25)9-8-21-18(20-3)22(4)13-16-6-5-7-17(19)10-16/h5-7,10,14-15H,8-9,11-13H2,1-4H3,(H,20,21). The highest BCUT2D eigenvalue weighted by molar-refractivity contribution is 7.89. The van der Waals surface area contributed by atoms with Gasteiger partial charge in [-0.2, -0.15) is 4.31 Å². The van der Waals surface area contributed by atoms with E-state index in [4.69, 9.17) is 4.74 Å². The largest absolute Gasteiger partial charge is 0.373 e. The fraction of sp³-hybridized carbons (Fsp3) is 0.611. The first-order valence-corrected chi connectivity index (χ1v) is 10.6. The zero-order chi connectivity index (χ0) is 20.0. The molecule has 1 N–H and O–H groups in total. The minimum absolute atomic E-state index is 0.0285. The summed E-state index contributed by atoms with van der Waals surface area (Å²) in [6.45, 7) is 5.20. The molecule has 1 fully saturated rings. The van der Waals surface area contributed by atoms with E-state index in [1.165, 1.54) is 16.4 Å². The third kappa shape index (κ3) is 6.44. The van der Waals surface area contributed by atoms with Crippen LogP contribution in [0.3, 0.4) is 0 Å². The Labute approximate surface area is 161 Å². The van der Waals surface area contributed by atoms with E-state index in [0.717, 1.165) is 5.56 Å². The van der Waals surface area contributed by atoms with Crippen molar-refractivity contribution in [2.24, 2.45) is 4.99 Å². The number of ether oxygens (including phenoxy) is 1. The van der Waals surface area contributed by atoms with Crippen LogP contribution in [-0.2, 0) is 21.3 Å². The minimum atomic E-state index is -3.38. The molecule has 2 unspecified atom stereocenters. The lowest BCUT2D eigenvalue weighted by molar-refractivity contribution is -0.0440. The number of guanidine groups is 1. The van der Waals surface area contributed by atoms with Crippen molar-refractivity contribution in [1.82, 2.24) is 14.5 Å². The smallest absolute Gasteiger partial charge is 0.216 e. The van der Waals surface area contributed by atoms with Crippen molar-refractivity contribution in [3.05, 3.63) is 35.6 Å². The van der Waals surface area contributed by atoms with Crippen molar-refractivity contribution in [2.75, 3.05) is 39.5 Å². The molecule has 0 saturated carbocycles. The zero-order valence-corrected chi connectivity index (χ0v) is 17.2. The summed E-state index contributed by atoms with van der Waals surface area (Å²) in [7, 11) is 0.0732. The van der Waals surface area contributed by atoms with E-state index < -0.39 is 10.0 Å². The van der Waals surface area contributed by atoms with Crippen molar-refractivity contribution >= 4 is 16.0 Å². The summed E-state index contributed by atoms with van der Waals surface area (Å²) in [5, 5.41) is 3.07. The van der Waals surface area contributed by atoms with Crippen molar-refractivity contribution in [3.8, 4) is 0 Å². The van der Waals surface area contributed by atoms with Crippen LogP contribution in [0.5, 0.6) is 0 Å². The second-order valence-electron chi connectivity index (χ2n) is 6.85. The molecule has 1 aromatic rings. The Kier molecular flexibility index (Phi) is 7.58. The first-order chi connectivity index (χ1) is 12.7. The Hall–Kier alpha value is -1.71. The van der Waals surface area contributed by atoms with Crippen LogP contribution in [0.2, 0.25) is 0 Å². The van der Waals surface area contributed by atoms with Gasteiger partial charge in [-0.05, 0) is 31.5 Å². The average molecular weight is 401 g/mol. The molecule has 0 aromatic heterocycles. The Morgan fingerprint density at radius 2 is 2.04 bits per heavy atom. The zero-order valence-electron chi connectivity index (χ0n) is 16.4. The Bertz CT molecular complexity index is 747. The normalized spacial score (nSPS) is 21.9. The molecule has 1 heterocycles. The Morgan fingerprint density at radius 1 is 1.37 bits per heavy atom. The van der Waals surface area contributed by atoms with Crippen LogP contribution in [0.1, 0.15) is 19.4 Å². The molecule has 2 atom stereocenters. The first-order valence-electron chi connectivity index (χ1n) is 9.00. The summed E-state index contributed by atoms with van der Waals surface area (Å²) in [5.74, 6) is 0.237. The predicted molar refractivity (Wildman–Crippen MR) is 105 cm³/mol. The van der Waals surface area contributed by atoms with Crippen molar-refractivity contribution in [2.45, 2.75) is 32.6 Å². The number of hydrogen-bond donors (Lipinski definition) is 1. The van der Waals surface area contributed by atoms with Gasteiger partial charge in [0, 0.05) is 40.3 Å². The van der Waals surface area contributed by atoms with Gasteiger partial charge in [0.1, 0.15) is 5.82 Å². The molecule has 7 nitrogen and oxygen atoms in total. The molecule has 0 spiro atoms. The number of aliphatic imine (C=N–C) groups is 1. The maximum absolute atomic E-state index is 13.3. The quantitative estimate of drug-likeness (QED) is 0.575. The monoisotopic (exact) mass is 400 g/mol. The summed E-state index contributed by atoms with van der Waals surface area (Å²) in [6, 6.07) is 6.35. The number of nitrogens with zero attached hydrogens (tertiary/aromatic N) is 3. The molecular weight excluding hydrogens is 371 g/mol. The van der Waals surface area contributed by atoms with E-state index in [2.05, 4.69) is 10.3 Å². The number of rotatable bonds is 6. The van der Waals surface area contributed by atoms with E-state index in [1.54, 1.807) is 13.1 Å². The van der Waals surface area contributed by atoms with Gasteiger partial charge in [-0.15, -0.1) is 0 Å². The van der Waals surface area contributed by atoms with Crippen molar-refractivity contribution in [1.29, 1.82) is 0 Å². The molecule has 1 saturated heterocycles. The van der Waals surface area contributed by atoms with Gasteiger partial charge in [-0.1, -0.05) is 12.1 Å². The van der Waals surface area contributed by atoms with Gasteiger partial charge in [0.15, 0.2) is 5.96 Å². The number of halogens is 1. The third-order valence-corrected chi connectivity index (χ3v) is 6.11. The molecule has 0 amide bonds. The highest BCUT2D eigenvalue weighted by Crippen LogP contribution is 2.14. The second kappa shape index (κ2) is 9.48. The molecule has 1 aromatic carbocycles. The lowest BCUT2D eigenvalue weighted by atomic mass is 10.2. The number of benzene rings is 1. The number of nitrogens with one attached hydrogen (secondary N) is 1. The lowest BCUT2D eigenvalue weighted by Gasteiger charge is -2.34. The molecule has 152 valence electrons. The van der Waals surface area contributed by atoms with E-state index in [-0.39, 0.29) is 30.3 Å². The second-order valence-corrected chi connectivity index (χ2v) is 8.94. The van der Waals surface area contributed by atoms with Crippen molar-refractivity contribution in [3.63, 3.8) is 0 Å². The van der Waals surface area contributed by atoms with Crippen molar-refractivity contribution < 1.29 is 17.5 Å². The van der Waals surface area contributed by atoms with E-state index in [1.807, 2.05) is 31.9 Å². The third-order valence-electron chi connectivity index (χ3n) is 4.30. The Balaban J connectivity index is 1.88. The average Bonchev–Trinajstić information content (AvgIpc) is 2.57. The van der Waals surface area contributed by atoms with E-state index in [0.29, 0.717) is 25.6 Å². The van der Waals surface area contributed by atoms with E-state index in [9.17, 15) is 12.8 Å². The maximum Gasteiger partial charge on any atom is 0.216 e. The number of hydrogen-bond acceptors (Lipinski definition) is 4. The van der Waals surface area contributed by atoms with Gasteiger partial charge < -0.3 is 15.0 Å². The fourth-order valence-corrected chi connectivity index (χ4v) is 4.64. The topological polar surface area (TPSA) is 74.2 Å². The van der Waals surface area contributed by atoms with E-state index >= 15 is 0 Å². The van der Waals surface area contributed by atoms with Gasteiger partial charge in [-0.3, -0.25) is 4.99 Å². The summed E-state index contributed by atoms with van der Waals surface area (Å²) in [5.41, 5.74) is 0.810. The van der Waals surface area contributed by atoms with Crippen LogP contribution < -0.4 is 5.32 Å². The highest BCUT2D eigenvalue weighted by atomic mass is 32.2. The molecule has 0 aliphatic carbocycles. The molecule has 1 aliphatic rings. The molecule has 2 rings (SSSR count). The van der Waals surface area contributed by atoms with Crippen LogP contribution in [0.25, 0.3) is 0 Å². The van der Waals surface area contributed by atoms with Gasteiger partial charge in [-0.25, -0.2) is 12.8 Å². The number of morpholine rings is 1. The maximum atomic E-state index is 13.3. The summed E-state index contributed by atoms with van der Waals surface area (Å²) < 4.78 is 45.6. The van der Waals surface area contributed by atoms with Gasteiger partial charge >= 0.3 is 0 Å². The van der Waals surface area contributed by atoms with Crippen LogP contribution in [0, 0.1) is 5.82 Å². The summed E-state index contributed by atoms with van der Waals surface area (Å²) in [6.07, 6.45) is -0.219. The van der Waals surface area contributed by atoms with Gasteiger partial charge in [0.05, 0.1) is 18.0 Å². The molecule has 0 bridgehead atoms.